The van der Waals surface area contributed by atoms with Gasteiger partial charge in [0, 0.05) is 12.5 Å². The number of carbonyl (C=O) groups is 1. The van der Waals surface area contributed by atoms with Gasteiger partial charge in [0.05, 0.1) is 0 Å². The van der Waals surface area contributed by atoms with E-state index in [1.54, 1.807) is 6.08 Å². The third-order valence-electron chi connectivity index (χ3n) is 3.47. The number of hydrogen-bond acceptors (Lipinski definition) is 4. The van der Waals surface area contributed by atoms with E-state index in [4.69, 9.17) is 0 Å². The van der Waals surface area contributed by atoms with Crippen LogP contribution in [-0.4, -0.2) is 16.1 Å². The number of anilines is 1. The van der Waals surface area contributed by atoms with Gasteiger partial charge in [-0.25, -0.2) is 0 Å². The first-order valence-corrected chi connectivity index (χ1v) is 8.81. The van der Waals surface area contributed by atoms with Gasteiger partial charge in [0.2, 0.25) is 11.0 Å². The molecular weight excluding hydrogens is 306 g/mol. The predicted octanol–water partition coefficient (Wildman–Crippen LogP) is 4.66. The van der Waals surface area contributed by atoms with Crippen molar-refractivity contribution in [2.45, 2.75) is 46.0 Å². The van der Waals surface area contributed by atoms with Gasteiger partial charge in [-0.1, -0.05) is 62.8 Å². The number of nitrogens with zero attached hydrogens (tertiary/aromatic N) is 2. The zero-order valence-electron chi connectivity index (χ0n) is 13.9. The molecule has 0 saturated carbocycles. The monoisotopic (exact) mass is 329 g/mol. The number of aryl methyl sites for hydroxylation is 1. The molecule has 0 unspecified atom stereocenters. The highest BCUT2D eigenvalue weighted by atomic mass is 32.1. The minimum atomic E-state index is -0.184. The number of benzene rings is 1. The summed E-state index contributed by atoms with van der Waals surface area (Å²) in [5, 5.41) is 12.4. The summed E-state index contributed by atoms with van der Waals surface area (Å²) in [6.45, 7) is 6.46. The van der Waals surface area contributed by atoms with E-state index in [0.29, 0.717) is 11.0 Å². The van der Waals surface area contributed by atoms with Crippen molar-refractivity contribution < 1.29 is 4.79 Å². The topological polar surface area (TPSA) is 54.9 Å². The van der Waals surface area contributed by atoms with Gasteiger partial charge in [0.1, 0.15) is 5.01 Å². The summed E-state index contributed by atoms with van der Waals surface area (Å²) < 4.78 is 0. The lowest BCUT2D eigenvalue weighted by Crippen LogP contribution is -2.07. The average Bonchev–Trinajstić information content (AvgIpc) is 2.98. The molecule has 5 heteroatoms. The predicted molar refractivity (Wildman–Crippen MR) is 96.7 cm³/mol. The molecule has 0 fully saturated rings. The lowest BCUT2D eigenvalue weighted by atomic mass is 10.0. The Hall–Kier alpha value is -2.01. The maximum Gasteiger partial charge on any atom is 0.250 e. The third-order valence-corrected chi connectivity index (χ3v) is 4.37. The fraction of sp³-hybridized carbons (Fsp3) is 0.389. The lowest BCUT2D eigenvalue weighted by molar-refractivity contribution is -0.111. The van der Waals surface area contributed by atoms with Crippen LogP contribution in [0.1, 0.15) is 55.7 Å². The summed E-state index contributed by atoms with van der Waals surface area (Å²) in [4.78, 5) is 11.9. The zero-order chi connectivity index (χ0) is 16.7. The Kier molecular flexibility index (Phi) is 6.47. The Morgan fingerprint density at radius 2 is 2.00 bits per heavy atom. The molecule has 0 radical (unpaired) electrons. The number of hydrogen-bond donors (Lipinski definition) is 1. The minimum absolute atomic E-state index is 0.184. The van der Waals surface area contributed by atoms with Crippen molar-refractivity contribution in [1.29, 1.82) is 0 Å². The summed E-state index contributed by atoms with van der Waals surface area (Å²) >= 11 is 1.44. The van der Waals surface area contributed by atoms with Crippen molar-refractivity contribution in [3.8, 4) is 0 Å². The van der Waals surface area contributed by atoms with E-state index in [-0.39, 0.29) is 5.91 Å². The molecule has 0 saturated heterocycles. The quantitative estimate of drug-likeness (QED) is 0.752. The van der Waals surface area contributed by atoms with E-state index in [2.05, 4.69) is 48.4 Å². The highest BCUT2D eigenvalue weighted by Gasteiger charge is 2.06. The summed E-state index contributed by atoms with van der Waals surface area (Å²) in [6, 6.07) is 8.22. The van der Waals surface area contributed by atoms with Crippen LogP contribution in [0.5, 0.6) is 0 Å². The minimum Gasteiger partial charge on any atom is -0.297 e. The van der Waals surface area contributed by atoms with Crippen LogP contribution in [0.3, 0.4) is 0 Å². The molecule has 2 aromatic rings. The van der Waals surface area contributed by atoms with Crippen molar-refractivity contribution >= 4 is 28.5 Å². The first kappa shape index (κ1) is 17.3. The van der Waals surface area contributed by atoms with Crippen LogP contribution >= 0.6 is 11.3 Å². The number of aromatic nitrogens is 2. The average molecular weight is 329 g/mol. The number of nitrogens with one attached hydrogen (secondary N) is 1. The zero-order valence-corrected chi connectivity index (χ0v) is 14.7. The fourth-order valence-electron chi connectivity index (χ4n) is 2.04. The molecule has 122 valence electrons. The highest BCUT2D eigenvalue weighted by molar-refractivity contribution is 7.15. The van der Waals surface area contributed by atoms with Crippen LogP contribution in [0.25, 0.3) is 6.08 Å². The first-order chi connectivity index (χ1) is 11.1. The van der Waals surface area contributed by atoms with E-state index in [0.717, 1.165) is 29.8 Å². The van der Waals surface area contributed by atoms with E-state index < -0.39 is 0 Å². The van der Waals surface area contributed by atoms with Gasteiger partial charge in [-0.2, -0.15) is 0 Å². The van der Waals surface area contributed by atoms with Crippen molar-refractivity contribution in [2.24, 2.45) is 0 Å². The number of amides is 1. The van der Waals surface area contributed by atoms with E-state index in [1.165, 1.54) is 23.0 Å². The summed E-state index contributed by atoms with van der Waals surface area (Å²) in [5.41, 5.74) is 2.30. The molecule has 0 spiro atoms. The second-order valence-electron chi connectivity index (χ2n) is 5.75. The molecule has 1 aromatic carbocycles. The van der Waals surface area contributed by atoms with Crippen molar-refractivity contribution in [3.63, 3.8) is 0 Å². The third kappa shape index (κ3) is 5.60. The van der Waals surface area contributed by atoms with Crippen LogP contribution in [0.4, 0.5) is 5.13 Å². The Morgan fingerprint density at radius 1 is 1.26 bits per heavy atom. The van der Waals surface area contributed by atoms with Gasteiger partial charge in [-0.05, 0) is 29.5 Å². The molecule has 0 bridgehead atoms. The molecule has 1 heterocycles. The summed E-state index contributed by atoms with van der Waals surface area (Å²) in [5.74, 6) is 0.326. The van der Waals surface area contributed by atoms with Crippen LogP contribution in [-0.2, 0) is 11.2 Å². The number of rotatable bonds is 7. The van der Waals surface area contributed by atoms with Crippen molar-refractivity contribution in [1.82, 2.24) is 10.2 Å². The first-order valence-electron chi connectivity index (χ1n) is 8.00. The molecule has 0 atom stereocenters. The normalized spacial score (nSPS) is 11.3. The molecule has 23 heavy (non-hydrogen) atoms. The molecule has 4 nitrogen and oxygen atoms in total. The standard InChI is InChI=1S/C18H23N3OS/c1-4-5-6-17-20-21-18(23-17)19-16(22)12-9-14-7-10-15(11-8-14)13(2)3/h7-13H,4-6H2,1-3H3,(H,19,21,22). The second-order valence-corrected chi connectivity index (χ2v) is 6.81. The molecule has 2 rings (SSSR count). The summed E-state index contributed by atoms with van der Waals surface area (Å²) in [7, 11) is 0. The van der Waals surface area contributed by atoms with Gasteiger partial charge >= 0.3 is 0 Å². The van der Waals surface area contributed by atoms with Gasteiger partial charge in [-0.3, -0.25) is 10.1 Å². The highest BCUT2D eigenvalue weighted by Crippen LogP contribution is 2.18. The lowest BCUT2D eigenvalue weighted by Gasteiger charge is -2.04. The summed E-state index contributed by atoms with van der Waals surface area (Å²) in [6.07, 6.45) is 6.46. The molecule has 0 aliphatic rings. The molecule has 1 amide bonds. The Labute approximate surface area is 141 Å². The van der Waals surface area contributed by atoms with E-state index in [1.807, 2.05) is 12.1 Å². The van der Waals surface area contributed by atoms with E-state index in [9.17, 15) is 4.79 Å². The SMILES string of the molecule is CCCCc1nnc(NC(=O)C=Cc2ccc(C(C)C)cc2)s1. The molecule has 0 aliphatic heterocycles. The van der Waals surface area contributed by atoms with Crippen LogP contribution in [0.15, 0.2) is 30.3 Å². The van der Waals surface area contributed by atoms with Crippen LogP contribution in [0.2, 0.25) is 0 Å². The van der Waals surface area contributed by atoms with Gasteiger partial charge < -0.3 is 0 Å². The largest absolute Gasteiger partial charge is 0.297 e. The Morgan fingerprint density at radius 3 is 2.65 bits per heavy atom. The van der Waals surface area contributed by atoms with Crippen molar-refractivity contribution in [3.05, 3.63) is 46.5 Å². The van der Waals surface area contributed by atoms with Gasteiger partial charge in [0.15, 0.2) is 0 Å². The number of carbonyl (C=O) groups excluding carboxylic acids is 1. The van der Waals surface area contributed by atoms with Crippen LogP contribution < -0.4 is 5.32 Å². The van der Waals surface area contributed by atoms with Gasteiger partial charge in [0.25, 0.3) is 0 Å². The Balaban J connectivity index is 1.89. The fourth-order valence-corrected chi connectivity index (χ4v) is 2.83. The second kappa shape index (κ2) is 8.58. The van der Waals surface area contributed by atoms with Crippen molar-refractivity contribution in [2.75, 3.05) is 5.32 Å². The molecule has 0 aliphatic carbocycles. The smallest absolute Gasteiger partial charge is 0.250 e. The maximum atomic E-state index is 11.9. The Bertz CT molecular complexity index is 659. The van der Waals surface area contributed by atoms with Gasteiger partial charge in [-0.15, -0.1) is 10.2 Å². The van der Waals surface area contributed by atoms with Crippen LogP contribution in [0, 0.1) is 0 Å². The molecule has 1 aromatic heterocycles. The molecular formula is C18H23N3OS. The number of unbranched alkanes of at least 4 members (excludes halogenated alkanes) is 1. The maximum absolute atomic E-state index is 11.9. The molecule has 1 N–H and O–H groups in total. The van der Waals surface area contributed by atoms with E-state index >= 15 is 0 Å².